The summed E-state index contributed by atoms with van der Waals surface area (Å²) in [6.07, 6.45) is 0.450. The third-order valence-electron chi connectivity index (χ3n) is 10.4. The van der Waals surface area contributed by atoms with E-state index in [0.717, 1.165) is 67.7 Å². The molecule has 3 heterocycles. The number of hydrogen-bond donors (Lipinski definition) is 1. The van der Waals surface area contributed by atoms with Crippen molar-refractivity contribution in [2.24, 2.45) is 30.7 Å². The standard InChI is InChI=1S/C32H46F3N5O2/c1-5-39-10-12-40(13-11-39)19-23-8-7-22(16-28(23)32(33,34)35)30(41)37-25-9-6-20(2)26(17-25)27-15-24-18-36-21(3)14-29(24)38(4)31(27)42/h14-15,18,20,22-23,25-26,28H,5-13,16-17,19H2,1-4H3,(H,37,41). The monoisotopic (exact) mass is 589 g/mol. The Hall–Kier alpha value is -2.46. The van der Waals surface area contributed by atoms with Crippen LogP contribution in [0.1, 0.15) is 69.5 Å². The molecule has 2 aliphatic carbocycles. The molecule has 3 aliphatic rings. The second-order valence-corrected chi connectivity index (χ2v) is 13.1. The van der Waals surface area contributed by atoms with Gasteiger partial charge in [0.25, 0.3) is 5.56 Å². The number of carbonyl (C=O) groups is 1. The Kier molecular flexibility index (Phi) is 9.33. The number of rotatable bonds is 6. The molecule has 1 aliphatic heterocycles. The second-order valence-electron chi connectivity index (χ2n) is 13.1. The lowest BCUT2D eigenvalue weighted by Gasteiger charge is -2.42. The molecule has 5 rings (SSSR count). The molecule has 0 radical (unpaired) electrons. The minimum Gasteiger partial charge on any atom is -0.353 e. The number of pyridine rings is 2. The molecule has 1 saturated heterocycles. The van der Waals surface area contributed by atoms with Crippen LogP contribution in [0.3, 0.4) is 0 Å². The number of alkyl halides is 3. The SMILES string of the molecule is CCN1CCN(CC2CCC(C(=O)NC3CCC(C)C(c4cc5cnc(C)cc5n(C)c4=O)C3)CC2C(F)(F)F)CC1. The molecule has 10 heteroatoms. The third kappa shape index (κ3) is 6.69. The van der Waals surface area contributed by atoms with E-state index in [1.165, 1.54) is 0 Å². The van der Waals surface area contributed by atoms with E-state index in [1.807, 2.05) is 19.1 Å². The summed E-state index contributed by atoms with van der Waals surface area (Å²) in [7, 11) is 1.78. The molecule has 1 amide bonds. The minimum absolute atomic E-state index is 0.0414. The first kappa shape index (κ1) is 31.0. The van der Waals surface area contributed by atoms with E-state index >= 15 is 0 Å². The lowest BCUT2D eigenvalue weighted by atomic mass is 9.72. The van der Waals surface area contributed by atoms with Crippen LogP contribution in [0.5, 0.6) is 0 Å². The first-order valence-electron chi connectivity index (χ1n) is 15.7. The van der Waals surface area contributed by atoms with E-state index in [1.54, 1.807) is 17.8 Å². The fourth-order valence-electron chi connectivity index (χ4n) is 7.67. The molecule has 232 valence electrons. The summed E-state index contributed by atoms with van der Waals surface area (Å²) in [6, 6.07) is 3.68. The zero-order valence-electron chi connectivity index (χ0n) is 25.4. The first-order valence-corrected chi connectivity index (χ1v) is 15.7. The van der Waals surface area contributed by atoms with Gasteiger partial charge in [-0.25, -0.2) is 0 Å². The molecule has 7 nitrogen and oxygen atoms in total. The molecule has 0 aromatic carbocycles. The van der Waals surface area contributed by atoms with Gasteiger partial charge in [-0.2, -0.15) is 13.2 Å². The number of carbonyl (C=O) groups excluding carboxylic acids is 1. The number of aromatic nitrogens is 2. The molecule has 0 bridgehead atoms. The highest BCUT2D eigenvalue weighted by Crippen LogP contribution is 2.44. The minimum atomic E-state index is -4.32. The van der Waals surface area contributed by atoms with E-state index in [-0.39, 0.29) is 35.8 Å². The predicted molar refractivity (Wildman–Crippen MR) is 158 cm³/mol. The summed E-state index contributed by atoms with van der Waals surface area (Å²) in [6.45, 7) is 11.0. The molecule has 2 saturated carbocycles. The van der Waals surface area contributed by atoms with Crippen molar-refractivity contribution >= 4 is 16.8 Å². The molecule has 3 fully saturated rings. The van der Waals surface area contributed by atoms with Gasteiger partial charge in [-0.3, -0.25) is 14.6 Å². The maximum Gasteiger partial charge on any atom is 0.392 e. The zero-order valence-corrected chi connectivity index (χ0v) is 25.4. The third-order valence-corrected chi connectivity index (χ3v) is 10.4. The number of hydrogen-bond acceptors (Lipinski definition) is 5. The Morgan fingerprint density at radius 1 is 1.05 bits per heavy atom. The maximum absolute atomic E-state index is 14.2. The Labute approximate surface area is 246 Å². The van der Waals surface area contributed by atoms with Crippen molar-refractivity contribution in [3.63, 3.8) is 0 Å². The van der Waals surface area contributed by atoms with Gasteiger partial charge in [-0.15, -0.1) is 0 Å². The average Bonchev–Trinajstić information content (AvgIpc) is 2.96. The maximum atomic E-state index is 14.2. The van der Waals surface area contributed by atoms with Crippen molar-refractivity contribution in [1.29, 1.82) is 0 Å². The predicted octanol–water partition coefficient (Wildman–Crippen LogP) is 4.86. The fourth-order valence-corrected chi connectivity index (χ4v) is 7.67. The largest absolute Gasteiger partial charge is 0.392 e. The number of amides is 1. The molecular formula is C32H46F3N5O2. The quantitative estimate of drug-likeness (QED) is 0.521. The zero-order chi connectivity index (χ0) is 30.2. The summed E-state index contributed by atoms with van der Waals surface area (Å²) in [5, 5.41) is 4.02. The van der Waals surface area contributed by atoms with E-state index in [9.17, 15) is 22.8 Å². The van der Waals surface area contributed by atoms with Crippen LogP contribution < -0.4 is 10.9 Å². The van der Waals surface area contributed by atoms with Crippen LogP contribution in [0.15, 0.2) is 23.1 Å². The highest BCUT2D eigenvalue weighted by Gasteiger charge is 2.49. The van der Waals surface area contributed by atoms with Crippen LogP contribution in [-0.2, 0) is 11.8 Å². The molecule has 1 N–H and O–H groups in total. The highest BCUT2D eigenvalue weighted by atomic mass is 19.4. The topological polar surface area (TPSA) is 70.5 Å². The fraction of sp³-hybridized carbons (Fsp3) is 0.719. The van der Waals surface area contributed by atoms with Crippen LogP contribution in [0.4, 0.5) is 13.2 Å². The molecule has 2 aromatic rings. The number of piperazine rings is 1. The molecule has 0 spiro atoms. The number of aryl methyl sites for hydroxylation is 2. The molecule has 6 atom stereocenters. The van der Waals surface area contributed by atoms with E-state index in [2.05, 4.69) is 33.9 Å². The van der Waals surface area contributed by atoms with Gasteiger partial charge in [0.1, 0.15) is 0 Å². The lowest BCUT2D eigenvalue weighted by molar-refractivity contribution is -0.202. The molecule has 2 aromatic heterocycles. The smallest absolute Gasteiger partial charge is 0.353 e. The van der Waals surface area contributed by atoms with Gasteiger partial charge in [0.05, 0.1) is 11.4 Å². The van der Waals surface area contributed by atoms with Crippen LogP contribution in [0.2, 0.25) is 0 Å². The molecular weight excluding hydrogens is 543 g/mol. The van der Waals surface area contributed by atoms with Gasteiger partial charge in [-0.1, -0.05) is 13.8 Å². The van der Waals surface area contributed by atoms with Crippen LogP contribution in [0, 0.1) is 30.6 Å². The Balaban J connectivity index is 1.24. The summed E-state index contributed by atoms with van der Waals surface area (Å²) in [4.78, 5) is 35.7. The van der Waals surface area contributed by atoms with Crippen LogP contribution >= 0.6 is 0 Å². The Morgan fingerprint density at radius 3 is 2.45 bits per heavy atom. The molecule has 6 unspecified atom stereocenters. The van der Waals surface area contributed by atoms with E-state index in [4.69, 9.17) is 0 Å². The van der Waals surface area contributed by atoms with Gasteiger partial charge < -0.3 is 19.7 Å². The number of fused-ring (bicyclic) bond motifs is 1. The van der Waals surface area contributed by atoms with Gasteiger partial charge in [0.15, 0.2) is 0 Å². The highest BCUT2D eigenvalue weighted by molar-refractivity contribution is 5.80. The van der Waals surface area contributed by atoms with Crippen molar-refractivity contribution in [2.75, 3.05) is 39.3 Å². The van der Waals surface area contributed by atoms with Gasteiger partial charge in [0.2, 0.25) is 5.91 Å². The van der Waals surface area contributed by atoms with Crippen LogP contribution in [0.25, 0.3) is 10.9 Å². The number of likely N-dealkylation sites (N-methyl/N-ethyl adjacent to an activating group) is 1. The summed E-state index contributed by atoms with van der Waals surface area (Å²) in [5.41, 5.74) is 2.36. The van der Waals surface area contributed by atoms with Crippen molar-refractivity contribution in [1.82, 2.24) is 24.7 Å². The van der Waals surface area contributed by atoms with Gasteiger partial charge in [0, 0.05) is 74.6 Å². The van der Waals surface area contributed by atoms with Crippen molar-refractivity contribution in [3.8, 4) is 0 Å². The number of nitrogens with zero attached hydrogens (tertiary/aromatic N) is 4. The number of halogens is 3. The Morgan fingerprint density at radius 2 is 1.76 bits per heavy atom. The normalized spacial score (nSPS) is 30.0. The number of nitrogens with one attached hydrogen (secondary N) is 1. The Bertz CT molecular complexity index is 1320. The molecule has 42 heavy (non-hydrogen) atoms. The lowest BCUT2D eigenvalue weighted by Crippen LogP contribution is -2.51. The van der Waals surface area contributed by atoms with Crippen molar-refractivity contribution in [3.05, 3.63) is 39.9 Å². The average molecular weight is 590 g/mol. The van der Waals surface area contributed by atoms with E-state index < -0.39 is 23.9 Å². The van der Waals surface area contributed by atoms with Gasteiger partial charge >= 0.3 is 6.18 Å². The van der Waals surface area contributed by atoms with Gasteiger partial charge in [-0.05, 0) is 81.9 Å². The summed E-state index contributed by atoms with van der Waals surface area (Å²) in [5.74, 6) is -2.60. The summed E-state index contributed by atoms with van der Waals surface area (Å²) < 4.78 is 44.4. The van der Waals surface area contributed by atoms with Crippen molar-refractivity contribution < 1.29 is 18.0 Å². The van der Waals surface area contributed by atoms with Crippen LogP contribution in [-0.4, -0.2) is 76.7 Å². The first-order chi connectivity index (χ1) is 19.9. The summed E-state index contributed by atoms with van der Waals surface area (Å²) >= 11 is 0. The second kappa shape index (κ2) is 12.6. The van der Waals surface area contributed by atoms with E-state index in [0.29, 0.717) is 25.8 Å². The van der Waals surface area contributed by atoms with Crippen molar-refractivity contribution in [2.45, 2.75) is 77.4 Å².